The number of carbonyl (C=O) groups excluding carboxylic acids is 2. The van der Waals surface area contributed by atoms with Gasteiger partial charge in [-0.05, 0) is 55.2 Å². The van der Waals surface area contributed by atoms with E-state index in [-0.39, 0.29) is 12.3 Å². The molecule has 8 nitrogen and oxygen atoms in total. The molecule has 252 valence electrons. The van der Waals surface area contributed by atoms with Crippen molar-refractivity contribution < 1.29 is 40.7 Å². The van der Waals surface area contributed by atoms with Crippen molar-refractivity contribution in [3.63, 3.8) is 0 Å². The highest BCUT2D eigenvalue weighted by Crippen LogP contribution is 2.40. The lowest BCUT2D eigenvalue weighted by Crippen LogP contribution is -2.44. The number of unbranched alkanes of at least 4 members (excludes halogenated alkanes) is 1. The molecule has 0 saturated carbocycles. The lowest BCUT2D eigenvalue weighted by Gasteiger charge is -2.33. The van der Waals surface area contributed by atoms with E-state index in [1.165, 1.54) is 4.68 Å². The van der Waals surface area contributed by atoms with E-state index in [1.807, 2.05) is 58.0 Å². The van der Waals surface area contributed by atoms with Crippen LogP contribution in [-0.4, -0.2) is 38.3 Å². The number of nitrogens with zero attached hydrogens (tertiary/aromatic N) is 4. The van der Waals surface area contributed by atoms with Gasteiger partial charge in [0, 0.05) is 18.1 Å². The van der Waals surface area contributed by atoms with Crippen molar-refractivity contribution in [3.8, 4) is 0 Å². The number of esters is 1. The van der Waals surface area contributed by atoms with E-state index in [0.29, 0.717) is 43.3 Å². The Morgan fingerprint density at radius 3 is 2.28 bits per heavy atom. The molecule has 4 aromatic rings. The van der Waals surface area contributed by atoms with E-state index in [9.17, 15) is 35.9 Å². The molecule has 47 heavy (non-hydrogen) atoms. The Morgan fingerprint density at radius 2 is 1.66 bits per heavy atom. The smallest absolute Gasteiger partial charge is 0.417 e. The van der Waals surface area contributed by atoms with Crippen molar-refractivity contribution in [2.75, 3.05) is 6.61 Å². The highest BCUT2D eigenvalue weighted by molar-refractivity contribution is 5.95. The van der Waals surface area contributed by atoms with Gasteiger partial charge in [0.1, 0.15) is 11.7 Å². The molecule has 1 N–H and O–H groups in total. The van der Waals surface area contributed by atoms with E-state index in [4.69, 9.17) is 4.74 Å². The molecule has 0 amide bonds. The molecule has 0 fully saturated rings. The zero-order valence-corrected chi connectivity index (χ0v) is 26.2. The van der Waals surface area contributed by atoms with Crippen LogP contribution >= 0.6 is 0 Å². The minimum atomic E-state index is -5.27. The molecular weight excluding hydrogens is 628 g/mol. The lowest BCUT2D eigenvalue weighted by molar-refractivity contribution is -0.144. The number of hydrogen-bond acceptors (Lipinski definition) is 7. The number of rotatable bonds is 13. The summed E-state index contributed by atoms with van der Waals surface area (Å²) in [6, 6.07) is 9.96. The van der Waals surface area contributed by atoms with Crippen molar-refractivity contribution >= 4 is 22.7 Å². The Bertz CT molecular complexity index is 1690. The molecule has 0 aliphatic heterocycles. The first-order valence-corrected chi connectivity index (χ1v) is 15.0. The van der Waals surface area contributed by atoms with E-state index < -0.39 is 59.0 Å². The third kappa shape index (κ3) is 8.16. The number of halogens is 6. The molecule has 0 saturated heterocycles. The number of fused-ring (bicyclic) bond motifs is 1. The number of ketones is 1. The Labute approximate surface area is 267 Å². The van der Waals surface area contributed by atoms with Crippen molar-refractivity contribution in [2.45, 2.75) is 77.4 Å². The van der Waals surface area contributed by atoms with E-state index in [0.717, 1.165) is 16.5 Å². The number of pyridine rings is 1. The van der Waals surface area contributed by atoms with Crippen molar-refractivity contribution in [1.29, 1.82) is 0 Å². The van der Waals surface area contributed by atoms with Crippen molar-refractivity contribution in [2.24, 2.45) is 5.92 Å². The van der Waals surface area contributed by atoms with Gasteiger partial charge < -0.3 is 10.1 Å². The third-order valence-electron chi connectivity index (χ3n) is 8.27. The minimum Gasteiger partial charge on any atom is -0.454 e. The number of hydrogen-bond donors (Lipinski definition) is 1. The number of aromatic nitrogens is 4. The summed E-state index contributed by atoms with van der Waals surface area (Å²) in [5.74, 6) is -2.67. The topological polar surface area (TPSA) is 99.0 Å². The van der Waals surface area contributed by atoms with Crippen LogP contribution in [0.25, 0.3) is 10.9 Å². The van der Waals surface area contributed by atoms with Gasteiger partial charge >= 0.3 is 18.3 Å². The van der Waals surface area contributed by atoms with Gasteiger partial charge in [0.05, 0.1) is 33.9 Å². The van der Waals surface area contributed by atoms with Crippen LogP contribution in [-0.2, 0) is 34.0 Å². The second-order valence-corrected chi connectivity index (χ2v) is 11.7. The summed E-state index contributed by atoms with van der Waals surface area (Å²) in [7, 11) is 0. The van der Waals surface area contributed by atoms with Crippen LogP contribution in [0.1, 0.15) is 85.7 Å². The second-order valence-electron chi connectivity index (χ2n) is 11.7. The summed E-state index contributed by atoms with van der Waals surface area (Å²) >= 11 is 0. The van der Waals surface area contributed by atoms with E-state index >= 15 is 0 Å². The first kappa shape index (κ1) is 35.5. The molecule has 0 bridgehead atoms. The summed E-state index contributed by atoms with van der Waals surface area (Å²) < 4.78 is 87.5. The molecule has 0 radical (unpaired) electrons. The Kier molecular flexibility index (Phi) is 10.7. The van der Waals surface area contributed by atoms with Gasteiger partial charge in [-0.3, -0.25) is 9.78 Å². The SMILES string of the molecule is CCCC[C@@H](C(=O)COC(=O)c1c(C(F)(F)F)cccc1C(F)(F)F)n1cc([C@@](C)(NCc2ccc3ncccc3c2)C(C)C)nn1. The van der Waals surface area contributed by atoms with E-state index in [1.54, 1.807) is 12.4 Å². The van der Waals surface area contributed by atoms with Crippen LogP contribution in [0.4, 0.5) is 26.3 Å². The minimum absolute atomic E-state index is 0.00273. The van der Waals surface area contributed by atoms with Crippen LogP contribution in [0.2, 0.25) is 0 Å². The van der Waals surface area contributed by atoms with Gasteiger partial charge in [0.25, 0.3) is 0 Å². The van der Waals surface area contributed by atoms with Gasteiger partial charge in [-0.2, -0.15) is 26.3 Å². The predicted molar refractivity (Wildman–Crippen MR) is 161 cm³/mol. The fourth-order valence-corrected chi connectivity index (χ4v) is 5.17. The zero-order valence-electron chi connectivity index (χ0n) is 26.2. The van der Waals surface area contributed by atoms with Crippen LogP contribution in [0.5, 0.6) is 0 Å². The maximum atomic E-state index is 13.6. The molecule has 0 unspecified atom stereocenters. The molecule has 0 aliphatic rings. The molecule has 0 aliphatic carbocycles. The average molecular weight is 664 g/mol. The summed E-state index contributed by atoms with van der Waals surface area (Å²) in [5.41, 5.74) is -3.66. The Balaban J connectivity index is 1.55. The fourth-order valence-electron chi connectivity index (χ4n) is 5.17. The van der Waals surface area contributed by atoms with Crippen LogP contribution < -0.4 is 5.32 Å². The molecule has 4 rings (SSSR count). The monoisotopic (exact) mass is 663 g/mol. The number of ether oxygens (including phenoxy) is 1. The van der Waals surface area contributed by atoms with Gasteiger partial charge in [0.2, 0.25) is 0 Å². The van der Waals surface area contributed by atoms with Gasteiger partial charge in [-0.1, -0.05) is 57.0 Å². The zero-order chi connectivity index (χ0) is 34.6. The van der Waals surface area contributed by atoms with Crippen LogP contribution in [0.3, 0.4) is 0 Å². The average Bonchev–Trinajstić information content (AvgIpc) is 3.52. The number of Topliss-reactive ketones (excluding diaryl/α,β-unsaturated/α-hetero) is 1. The summed E-state index contributed by atoms with van der Waals surface area (Å²) in [6.45, 7) is 7.20. The predicted octanol–water partition coefficient (Wildman–Crippen LogP) is 7.68. The van der Waals surface area contributed by atoms with Gasteiger partial charge in [0.15, 0.2) is 12.4 Å². The second kappa shape index (κ2) is 14.2. The van der Waals surface area contributed by atoms with Crippen molar-refractivity contribution in [1.82, 2.24) is 25.3 Å². The Morgan fingerprint density at radius 1 is 0.979 bits per heavy atom. The molecule has 2 aromatic carbocycles. The quantitative estimate of drug-likeness (QED) is 0.116. The number of benzene rings is 2. The molecule has 2 atom stereocenters. The van der Waals surface area contributed by atoms with Crippen LogP contribution in [0, 0.1) is 5.92 Å². The first-order chi connectivity index (χ1) is 22.1. The standard InChI is InChI=1S/C33H35F6N5O3/c1-5-6-12-26(27(45)19-47-30(46)29-23(32(34,35)36)10-7-11-24(29)33(37,38)39)44-18-28(42-43-44)31(4,20(2)3)41-17-21-13-14-25-22(16-21)9-8-15-40-25/h7-11,13-16,18,20,26,41H,5-6,12,17,19H2,1-4H3/t26-,31-/m0/s1. The molecule has 2 aromatic heterocycles. The first-order valence-electron chi connectivity index (χ1n) is 15.0. The molecular formula is C33H35F6N5O3. The Hall–Kier alpha value is -4.33. The number of carbonyl (C=O) groups is 2. The fraction of sp³-hybridized carbons (Fsp3) is 0.424. The van der Waals surface area contributed by atoms with Crippen molar-refractivity contribution in [3.05, 3.63) is 88.9 Å². The summed E-state index contributed by atoms with van der Waals surface area (Å²) in [5, 5.41) is 13.0. The maximum absolute atomic E-state index is 13.6. The van der Waals surface area contributed by atoms with Gasteiger partial charge in [-0.25, -0.2) is 9.48 Å². The molecule has 2 heterocycles. The number of alkyl halides is 6. The highest BCUT2D eigenvalue weighted by Gasteiger charge is 2.43. The largest absolute Gasteiger partial charge is 0.454 e. The van der Waals surface area contributed by atoms with Gasteiger partial charge in [-0.15, -0.1) is 5.10 Å². The molecule has 0 spiro atoms. The highest BCUT2D eigenvalue weighted by atomic mass is 19.4. The summed E-state index contributed by atoms with van der Waals surface area (Å²) in [4.78, 5) is 30.4. The van der Waals surface area contributed by atoms with E-state index in [2.05, 4.69) is 20.6 Å². The third-order valence-corrected chi connectivity index (χ3v) is 8.27. The summed E-state index contributed by atoms with van der Waals surface area (Å²) in [6.07, 6.45) is -5.82. The lowest BCUT2D eigenvalue weighted by atomic mass is 9.85. The normalized spacial score (nSPS) is 14.3. The number of nitrogens with one attached hydrogen (secondary N) is 1. The van der Waals surface area contributed by atoms with Crippen LogP contribution in [0.15, 0.2) is 60.9 Å². The molecule has 14 heteroatoms. The maximum Gasteiger partial charge on any atom is 0.417 e.